The first kappa shape index (κ1) is 9.41. The van der Waals surface area contributed by atoms with Crippen molar-refractivity contribution in [2.45, 2.75) is 25.6 Å². The summed E-state index contributed by atoms with van der Waals surface area (Å²) in [6.07, 6.45) is 0.569. The highest BCUT2D eigenvalue weighted by Gasteiger charge is 2.33. The number of rotatable bonds is 2. The molecule has 1 aliphatic heterocycles. The van der Waals surface area contributed by atoms with Gasteiger partial charge in [0.05, 0.1) is 6.54 Å². The molecule has 0 saturated carbocycles. The number of methoxy groups -OCH3 is 1. The van der Waals surface area contributed by atoms with Crippen LogP contribution < -0.4 is 5.32 Å². The predicted molar refractivity (Wildman–Crippen MR) is 43.4 cm³/mol. The van der Waals surface area contributed by atoms with Crippen molar-refractivity contribution in [1.82, 2.24) is 5.32 Å². The second-order valence-electron chi connectivity index (χ2n) is 3.22. The van der Waals surface area contributed by atoms with Crippen LogP contribution >= 0.6 is 0 Å². The Morgan fingerprint density at radius 3 is 2.75 bits per heavy atom. The summed E-state index contributed by atoms with van der Waals surface area (Å²) in [5.74, 6) is 0.208. The van der Waals surface area contributed by atoms with E-state index in [0.29, 0.717) is 13.0 Å². The number of hydrogen-bond donors (Lipinski definition) is 1. The topological polar surface area (TPSA) is 64.4 Å². The molecule has 0 amide bonds. The number of hydrogen-bond acceptors (Lipinski definition) is 4. The lowest BCUT2D eigenvalue weighted by molar-refractivity contribution is -0.526. The van der Waals surface area contributed by atoms with E-state index in [2.05, 4.69) is 5.32 Å². The fourth-order valence-electron chi connectivity index (χ4n) is 1.57. The highest BCUT2D eigenvalue weighted by Crippen LogP contribution is 2.17. The van der Waals surface area contributed by atoms with E-state index in [4.69, 9.17) is 4.74 Å². The van der Waals surface area contributed by atoms with E-state index in [-0.39, 0.29) is 17.1 Å². The number of piperidine rings is 1. The SMILES string of the molecule is COC1NCC([N+](=O)[O-])CC1C. The van der Waals surface area contributed by atoms with Crippen molar-refractivity contribution in [3.05, 3.63) is 10.1 Å². The molecule has 1 fully saturated rings. The lowest BCUT2D eigenvalue weighted by atomic mass is 9.96. The van der Waals surface area contributed by atoms with E-state index >= 15 is 0 Å². The van der Waals surface area contributed by atoms with Gasteiger partial charge in [0, 0.05) is 24.4 Å². The maximum atomic E-state index is 10.4. The number of ether oxygens (including phenoxy) is 1. The van der Waals surface area contributed by atoms with E-state index in [1.165, 1.54) is 0 Å². The van der Waals surface area contributed by atoms with Crippen molar-refractivity contribution in [2.75, 3.05) is 13.7 Å². The van der Waals surface area contributed by atoms with Gasteiger partial charge in [-0.25, -0.2) is 0 Å². The summed E-state index contributed by atoms with van der Waals surface area (Å²) in [6.45, 7) is 2.37. The van der Waals surface area contributed by atoms with Gasteiger partial charge < -0.3 is 4.74 Å². The van der Waals surface area contributed by atoms with Gasteiger partial charge in [-0.2, -0.15) is 0 Å². The Balaban J connectivity index is 2.46. The molecule has 0 spiro atoms. The highest BCUT2D eigenvalue weighted by atomic mass is 16.6. The molecule has 0 aromatic heterocycles. The molecule has 1 heterocycles. The minimum absolute atomic E-state index is 0.0267. The largest absolute Gasteiger partial charge is 0.366 e. The van der Waals surface area contributed by atoms with Gasteiger partial charge in [-0.3, -0.25) is 15.4 Å². The van der Waals surface area contributed by atoms with Crippen LogP contribution in [0.15, 0.2) is 0 Å². The van der Waals surface area contributed by atoms with Gasteiger partial charge in [0.1, 0.15) is 6.23 Å². The van der Waals surface area contributed by atoms with E-state index in [1.807, 2.05) is 6.92 Å². The molecule has 0 aromatic rings. The first-order valence-electron chi connectivity index (χ1n) is 4.04. The van der Waals surface area contributed by atoms with E-state index in [0.717, 1.165) is 0 Å². The van der Waals surface area contributed by atoms with E-state index in [1.54, 1.807) is 7.11 Å². The van der Waals surface area contributed by atoms with Gasteiger partial charge in [-0.1, -0.05) is 6.92 Å². The monoisotopic (exact) mass is 174 g/mol. The average molecular weight is 174 g/mol. The van der Waals surface area contributed by atoms with Crippen LogP contribution in [0.1, 0.15) is 13.3 Å². The zero-order valence-electron chi connectivity index (χ0n) is 7.32. The van der Waals surface area contributed by atoms with Crippen LogP contribution in [0.5, 0.6) is 0 Å². The zero-order valence-corrected chi connectivity index (χ0v) is 7.32. The fraction of sp³-hybridized carbons (Fsp3) is 1.00. The molecule has 5 heteroatoms. The molecule has 5 nitrogen and oxygen atoms in total. The van der Waals surface area contributed by atoms with Crippen LogP contribution in [0, 0.1) is 16.0 Å². The third kappa shape index (κ3) is 1.92. The molecule has 3 atom stereocenters. The molecule has 3 unspecified atom stereocenters. The van der Waals surface area contributed by atoms with Crippen molar-refractivity contribution in [1.29, 1.82) is 0 Å². The Morgan fingerprint density at radius 1 is 1.67 bits per heavy atom. The summed E-state index contributed by atoms with van der Waals surface area (Å²) in [4.78, 5) is 10.2. The van der Waals surface area contributed by atoms with Crippen molar-refractivity contribution in [3.63, 3.8) is 0 Å². The number of nitrogens with one attached hydrogen (secondary N) is 1. The van der Waals surface area contributed by atoms with E-state index < -0.39 is 6.04 Å². The summed E-state index contributed by atoms with van der Waals surface area (Å²) < 4.78 is 5.10. The predicted octanol–water partition coefficient (Wildman–Crippen LogP) is 0.234. The Labute approximate surface area is 71.2 Å². The maximum absolute atomic E-state index is 10.4. The molecule has 0 radical (unpaired) electrons. The highest BCUT2D eigenvalue weighted by molar-refractivity contribution is 4.77. The Bertz CT molecular complexity index is 174. The van der Waals surface area contributed by atoms with Crippen molar-refractivity contribution in [3.8, 4) is 0 Å². The van der Waals surface area contributed by atoms with E-state index in [9.17, 15) is 10.1 Å². The molecule has 0 aromatic carbocycles. The molecule has 1 N–H and O–H groups in total. The van der Waals surface area contributed by atoms with Gasteiger partial charge in [0.15, 0.2) is 0 Å². The van der Waals surface area contributed by atoms with Crippen LogP contribution in [0.4, 0.5) is 0 Å². The Morgan fingerprint density at radius 2 is 2.33 bits per heavy atom. The quantitative estimate of drug-likeness (QED) is 0.481. The zero-order chi connectivity index (χ0) is 9.14. The summed E-state index contributed by atoms with van der Waals surface area (Å²) in [5.41, 5.74) is 0. The van der Waals surface area contributed by atoms with Gasteiger partial charge in [0.2, 0.25) is 6.04 Å². The van der Waals surface area contributed by atoms with Crippen LogP contribution in [0.2, 0.25) is 0 Å². The standard InChI is InChI=1S/C7H14N2O3/c1-5-3-6(9(10)11)4-8-7(5)12-2/h5-8H,3-4H2,1-2H3. The number of nitrogens with zero attached hydrogens (tertiary/aromatic N) is 1. The smallest absolute Gasteiger partial charge is 0.225 e. The minimum Gasteiger partial charge on any atom is -0.366 e. The molecular weight excluding hydrogens is 160 g/mol. The molecule has 70 valence electrons. The normalized spacial score (nSPS) is 36.3. The molecule has 0 bridgehead atoms. The summed E-state index contributed by atoms with van der Waals surface area (Å²) in [5, 5.41) is 13.4. The minimum atomic E-state index is -0.452. The number of nitro groups is 1. The van der Waals surface area contributed by atoms with Crippen molar-refractivity contribution < 1.29 is 9.66 Å². The molecule has 0 aliphatic carbocycles. The fourth-order valence-corrected chi connectivity index (χ4v) is 1.57. The van der Waals surface area contributed by atoms with Crippen LogP contribution in [-0.4, -0.2) is 30.8 Å². The maximum Gasteiger partial charge on any atom is 0.225 e. The second-order valence-corrected chi connectivity index (χ2v) is 3.22. The second kappa shape index (κ2) is 3.82. The first-order chi connectivity index (χ1) is 5.65. The summed E-state index contributed by atoms with van der Waals surface area (Å²) >= 11 is 0. The van der Waals surface area contributed by atoms with Gasteiger partial charge in [0.25, 0.3) is 0 Å². The Hall–Kier alpha value is -0.680. The van der Waals surface area contributed by atoms with Crippen LogP contribution in [-0.2, 0) is 4.74 Å². The van der Waals surface area contributed by atoms with Gasteiger partial charge in [-0.05, 0) is 0 Å². The van der Waals surface area contributed by atoms with Crippen molar-refractivity contribution in [2.24, 2.45) is 5.92 Å². The third-order valence-electron chi connectivity index (χ3n) is 2.27. The molecule has 12 heavy (non-hydrogen) atoms. The molecule has 1 rings (SSSR count). The lowest BCUT2D eigenvalue weighted by Crippen LogP contribution is -2.50. The average Bonchev–Trinajstić information content (AvgIpc) is 2.04. The van der Waals surface area contributed by atoms with Crippen LogP contribution in [0.25, 0.3) is 0 Å². The Kier molecular flexibility index (Phi) is 2.99. The van der Waals surface area contributed by atoms with Crippen LogP contribution in [0.3, 0.4) is 0 Å². The molecule has 1 aliphatic rings. The third-order valence-corrected chi connectivity index (χ3v) is 2.27. The van der Waals surface area contributed by atoms with Gasteiger partial charge >= 0.3 is 0 Å². The summed E-state index contributed by atoms with van der Waals surface area (Å²) in [7, 11) is 1.61. The molecule has 1 saturated heterocycles. The first-order valence-corrected chi connectivity index (χ1v) is 4.04. The molecular formula is C7H14N2O3. The van der Waals surface area contributed by atoms with Gasteiger partial charge in [-0.15, -0.1) is 0 Å². The van der Waals surface area contributed by atoms with Crippen molar-refractivity contribution >= 4 is 0 Å². The summed E-state index contributed by atoms with van der Waals surface area (Å²) in [6, 6.07) is -0.452. The lowest BCUT2D eigenvalue weighted by Gasteiger charge is -2.30.